The highest BCUT2D eigenvalue weighted by atomic mass is 32.2. The molecular weight excluding hydrogens is 222 g/mol. The zero-order chi connectivity index (χ0) is 11.7. The van der Waals surface area contributed by atoms with E-state index >= 15 is 0 Å². The average Bonchev–Trinajstić information content (AvgIpc) is 2.57. The molecule has 1 atom stereocenters. The number of fused-ring (bicyclic) bond motifs is 1. The number of hydrogen-bond donors (Lipinski definition) is 1. The van der Waals surface area contributed by atoms with Crippen LogP contribution >= 0.6 is 0 Å². The predicted octanol–water partition coefficient (Wildman–Crippen LogP) is 2.04. The molecule has 0 saturated heterocycles. The summed E-state index contributed by atoms with van der Waals surface area (Å²) in [6.07, 6.45) is 0. The van der Waals surface area contributed by atoms with Gasteiger partial charge in [0.15, 0.2) is 0 Å². The number of carbonyl (C=O) groups excluding carboxylic acids is 1. The molecule has 4 heteroatoms. The van der Waals surface area contributed by atoms with Crippen molar-refractivity contribution < 1.29 is 9.00 Å². The van der Waals surface area contributed by atoms with Gasteiger partial charge in [-0.25, -0.2) is 0 Å². The van der Waals surface area contributed by atoms with E-state index in [1.807, 2.05) is 32.0 Å². The summed E-state index contributed by atoms with van der Waals surface area (Å²) in [5.74, 6) is 1.25. The minimum absolute atomic E-state index is 0.0130. The SMILES string of the molecule is CC(C)C(=O)Nc1ccc2c(c1)CS(=O)C2. The summed E-state index contributed by atoms with van der Waals surface area (Å²) < 4.78 is 11.4. The lowest BCUT2D eigenvalue weighted by Crippen LogP contribution is -2.17. The third-order valence-corrected chi connectivity index (χ3v) is 3.90. The highest BCUT2D eigenvalue weighted by molar-refractivity contribution is 7.83. The second-order valence-corrected chi connectivity index (χ2v) is 5.81. The van der Waals surface area contributed by atoms with Gasteiger partial charge in [-0.2, -0.15) is 0 Å². The summed E-state index contributed by atoms with van der Waals surface area (Å²) in [6, 6.07) is 5.76. The maximum Gasteiger partial charge on any atom is 0.226 e. The molecule has 1 unspecified atom stereocenters. The number of hydrogen-bond acceptors (Lipinski definition) is 2. The van der Waals surface area contributed by atoms with Crippen LogP contribution in [0.2, 0.25) is 0 Å². The number of rotatable bonds is 2. The molecule has 1 aromatic carbocycles. The molecule has 3 nitrogen and oxygen atoms in total. The molecule has 16 heavy (non-hydrogen) atoms. The van der Waals surface area contributed by atoms with Crippen LogP contribution in [-0.2, 0) is 27.1 Å². The Morgan fingerprint density at radius 3 is 2.69 bits per heavy atom. The predicted molar refractivity (Wildman–Crippen MR) is 65.5 cm³/mol. The van der Waals surface area contributed by atoms with Crippen LogP contribution in [0.25, 0.3) is 0 Å². The molecule has 0 spiro atoms. The first-order valence-corrected chi connectivity index (χ1v) is 6.82. The third-order valence-electron chi connectivity index (χ3n) is 2.63. The fraction of sp³-hybridized carbons (Fsp3) is 0.417. The van der Waals surface area contributed by atoms with E-state index in [1.165, 1.54) is 0 Å². The molecule has 1 N–H and O–H groups in total. The van der Waals surface area contributed by atoms with Gasteiger partial charge in [0.25, 0.3) is 0 Å². The highest BCUT2D eigenvalue weighted by Crippen LogP contribution is 2.25. The van der Waals surface area contributed by atoms with Crippen LogP contribution in [0.5, 0.6) is 0 Å². The number of anilines is 1. The van der Waals surface area contributed by atoms with Crippen LogP contribution in [-0.4, -0.2) is 10.1 Å². The molecule has 0 saturated carbocycles. The fourth-order valence-electron chi connectivity index (χ4n) is 1.66. The van der Waals surface area contributed by atoms with Crippen molar-refractivity contribution in [3.05, 3.63) is 29.3 Å². The standard InChI is InChI=1S/C12H15NO2S/c1-8(2)12(14)13-11-4-3-9-6-16(15)7-10(9)5-11/h3-5,8H,6-7H2,1-2H3,(H,13,14). The van der Waals surface area contributed by atoms with Gasteiger partial charge in [0.05, 0.1) is 0 Å². The number of benzene rings is 1. The van der Waals surface area contributed by atoms with Gasteiger partial charge in [-0.3, -0.25) is 9.00 Å². The first-order valence-electron chi connectivity index (χ1n) is 5.34. The van der Waals surface area contributed by atoms with Crippen molar-refractivity contribution in [1.29, 1.82) is 0 Å². The number of amides is 1. The van der Waals surface area contributed by atoms with E-state index in [9.17, 15) is 9.00 Å². The van der Waals surface area contributed by atoms with E-state index in [1.54, 1.807) is 0 Å². The van der Waals surface area contributed by atoms with Crippen molar-refractivity contribution in [3.63, 3.8) is 0 Å². The summed E-state index contributed by atoms with van der Waals surface area (Å²) in [4.78, 5) is 11.5. The van der Waals surface area contributed by atoms with Gasteiger partial charge in [-0.15, -0.1) is 0 Å². The van der Waals surface area contributed by atoms with Crippen molar-refractivity contribution in [2.75, 3.05) is 5.32 Å². The van der Waals surface area contributed by atoms with Crippen molar-refractivity contribution in [1.82, 2.24) is 0 Å². The van der Waals surface area contributed by atoms with E-state index in [-0.39, 0.29) is 11.8 Å². The van der Waals surface area contributed by atoms with Crippen LogP contribution < -0.4 is 5.32 Å². The molecule has 0 aliphatic carbocycles. The van der Waals surface area contributed by atoms with Crippen molar-refractivity contribution in [2.24, 2.45) is 5.92 Å². The Bertz CT molecular complexity index is 454. The molecule has 2 rings (SSSR count). The van der Waals surface area contributed by atoms with Crippen LogP contribution in [0.3, 0.4) is 0 Å². The zero-order valence-electron chi connectivity index (χ0n) is 9.45. The molecule has 1 aromatic rings. The van der Waals surface area contributed by atoms with Gasteiger partial charge < -0.3 is 5.32 Å². The summed E-state index contributed by atoms with van der Waals surface area (Å²) in [5, 5.41) is 2.85. The van der Waals surface area contributed by atoms with Gasteiger partial charge in [0.1, 0.15) is 0 Å². The third kappa shape index (κ3) is 2.32. The Morgan fingerprint density at radius 1 is 1.31 bits per heavy atom. The van der Waals surface area contributed by atoms with Crippen LogP contribution in [0.1, 0.15) is 25.0 Å². The van der Waals surface area contributed by atoms with Gasteiger partial charge in [0.2, 0.25) is 5.91 Å². The fourth-order valence-corrected chi connectivity index (χ4v) is 3.01. The molecule has 1 aliphatic heterocycles. The van der Waals surface area contributed by atoms with Gasteiger partial charge >= 0.3 is 0 Å². The van der Waals surface area contributed by atoms with Crippen LogP contribution in [0.15, 0.2) is 18.2 Å². The molecule has 1 heterocycles. The van der Waals surface area contributed by atoms with Gasteiger partial charge in [-0.1, -0.05) is 19.9 Å². The topological polar surface area (TPSA) is 46.2 Å². The lowest BCUT2D eigenvalue weighted by molar-refractivity contribution is -0.118. The summed E-state index contributed by atoms with van der Waals surface area (Å²) in [7, 11) is -0.762. The zero-order valence-corrected chi connectivity index (χ0v) is 10.3. The van der Waals surface area contributed by atoms with Crippen LogP contribution in [0, 0.1) is 5.92 Å². The molecule has 86 valence electrons. The maximum absolute atomic E-state index is 11.5. The molecule has 1 aliphatic rings. The Balaban J connectivity index is 2.17. The van der Waals surface area contributed by atoms with E-state index in [4.69, 9.17) is 0 Å². The minimum atomic E-state index is -0.762. The second kappa shape index (κ2) is 4.37. The largest absolute Gasteiger partial charge is 0.326 e. The Morgan fingerprint density at radius 2 is 2.00 bits per heavy atom. The lowest BCUT2D eigenvalue weighted by atomic mass is 10.1. The first kappa shape index (κ1) is 11.3. The second-order valence-electron chi connectivity index (χ2n) is 4.36. The van der Waals surface area contributed by atoms with E-state index in [2.05, 4.69) is 5.32 Å². The average molecular weight is 237 g/mol. The molecular formula is C12H15NO2S. The van der Waals surface area contributed by atoms with E-state index < -0.39 is 10.8 Å². The number of nitrogens with one attached hydrogen (secondary N) is 1. The summed E-state index contributed by atoms with van der Waals surface area (Å²) in [6.45, 7) is 3.72. The Labute approximate surface area is 97.7 Å². The van der Waals surface area contributed by atoms with E-state index in [0.29, 0.717) is 11.5 Å². The van der Waals surface area contributed by atoms with Crippen molar-refractivity contribution >= 4 is 22.4 Å². The first-order chi connectivity index (χ1) is 7.56. The van der Waals surface area contributed by atoms with Gasteiger partial charge in [0, 0.05) is 33.9 Å². The monoisotopic (exact) mass is 237 g/mol. The smallest absolute Gasteiger partial charge is 0.226 e. The molecule has 0 aromatic heterocycles. The summed E-state index contributed by atoms with van der Waals surface area (Å²) in [5.41, 5.74) is 3.04. The van der Waals surface area contributed by atoms with Crippen molar-refractivity contribution in [2.45, 2.75) is 25.4 Å². The molecule has 0 fully saturated rings. The Hall–Kier alpha value is -1.16. The summed E-state index contributed by atoms with van der Waals surface area (Å²) >= 11 is 0. The lowest BCUT2D eigenvalue weighted by Gasteiger charge is -2.08. The minimum Gasteiger partial charge on any atom is -0.326 e. The van der Waals surface area contributed by atoms with Crippen LogP contribution in [0.4, 0.5) is 5.69 Å². The van der Waals surface area contributed by atoms with Gasteiger partial charge in [-0.05, 0) is 23.3 Å². The van der Waals surface area contributed by atoms with Crippen molar-refractivity contribution in [3.8, 4) is 0 Å². The molecule has 0 bridgehead atoms. The Kier molecular flexibility index (Phi) is 3.10. The van der Waals surface area contributed by atoms with E-state index in [0.717, 1.165) is 16.8 Å². The maximum atomic E-state index is 11.5. The quantitative estimate of drug-likeness (QED) is 0.855. The number of carbonyl (C=O) groups is 1. The molecule has 1 amide bonds. The molecule has 0 radical (unpaired) electrons. The normalized spacial score (nSPS) is 18.6. The highest BCUT2D eigenvalue weighted by Gasteiger charge is 2.17.